The zero-order valence-corrected chi connectivity index (χ0v) is 17.9. The lowest BCUT2D eigenvalue weighted by molar-refractivity contribution is 0.408. The van der Waals surface area contributed by atoms with Crippen LogP contribution < -0.4 is 5.84 Å². The molecule has 0 saturated heterocycles. The van der Waals surface area contributed by atoms with Crippen molar-refractivity contribution in [3.63, 3.8) is 0 Å². The number of hydrogen-bond donors (Lipinski definition) is 1. The van der Waals surface area contributed by atoms with E-state index in [9.17, 15) is 0 Å². The molecule has 0 saturated carbocycles. The Kier molecular flexibility index (Phi) is 6.65. The van der Waals surface area contributed by atoms with E-state index in [0.29, 0.717) is 23.8 Å². The number of hydrogen-bond acceptors (Lipinski definition) is 5. The smallest absolute Gasteiger partial charge is 0.257 e. The minimum absolute atomic E-state index is 0.371. The lowest BCUT2D eigenvalue weighted by Crippen LogP contribution is -2.29. The first-order valence-corrected chi connectivity index (χ1v) is 9.98. The lowest BCUT2D eigenvalue weighted by atomic mass is 9.97. The Hall–Kier alpha value is -3.44. The molecule has 0 aliphatic carbocycles. The largest absolute Gasteiger partial charge is 0.334 e. The van der Waals surface area contributed by atoms with Crippen LogP contribution in [0.2, 0.25) is 0 Å². The van der Waals surface area contributed by atoms with Crippen molar-refractivity contribution < 1.29 is 4.52 Å². The van der Waals surface area contributed by atoms with Crippen LogP contribution in [-0.4, -0.2) is 21.7 Å². The van der Waals surface area contributed by atoms with Crippen LogP contribution >= 0.6 is 0 Å². The van der Waals surface area contributed by atoms with Crippen LogP contribution in [-0.2, 0) is 6.42 Å². The van der Waals surface area contributed by atoms with Crippen molar-refractivity contribution in [2.45, 2.75) is 27.2 Å². The van der Waals surface area contributed by atoms with Gasteiger partial charge in [-0.3, -0.25) is 0 Å². The summed E-state index contributed by atoms with van der Waals surface area (Å²) in [5.41, 5.74) is 6.90. The molecular formula is C25H28N4O. The van der Waals surface area contributed by atoms with Crippen LogP contribution in [0.3, 0.4) is 0 Å². The van der Waals surface area contributed by atoms with Crippen molar-refractivity contribution in [1.82, 2.24) is 15.1 Å². The summed E-state index contributed by atoms with van der Waals surface area (Å²) in [6.45, 7) is 14.7. The minimum Gasteiger partial charge on any atom is -0.334 e. The van der Waals surface area contributed by atoms with Crippen LogP contribution in [0, 0.1) is 13.8 Å². The third kappa shape index (κ3) is 4.58. The fraction of sp³-hybridized carbons (Fsp3) is 0.200. The van der Waals surface area contributed by atoms with E-state index >= 15 is 0 Å². The molecule has 0 spiro atoms. The summed E-state index contributed by atoms with van der Waals surface area (Å²) in [4.78, 5) is 4.59. The summed E-state index contributed by atoms with van der Waals surface area (Å²) >= 11 is 0. The van der Waals surface area contributed by atoms with Gasteiger partial charge in [0.15, 0.2) is 0 Å². The van der Waals surface area contributed by atoms with Gasteiger partial charge in [0.25, 0.3) is 5.89 Å². The first-order valence-electron chi connectivity index (χ1n) is 9.98. The van der Waals surface area contributed by atoms with E-state index in [1.54, 1.807) is 5.01 Å². The Morgan fingerprint density at radius 1 is 1.17 bits per heavy atom. The molecule has 5 nitrogen and oxygen atoms in total. The molecule has 0 radical (unpaired) electrons. The molecule has 5 heteroatoms. The van der Waals surface area contributed by atoms with Gasteiger partial charge in [-0.05, 0) is 61.6 Å². The maximum Gasteiger partial charge on any atom is 0.257 e. The van der Waals surface area contributed by atoms with Crippen molar-refractivity contribution in [3.05, 3.63) is 95.9 Å². The second kappa shape index (κ2) is 9.37. The van der Waals surface area contributed by atoms with Gasteiger partial charge in [-0.25, -0.2) is 5.84 Å². The number of benzene rings is 2. The van der Waals surface area contributed by atoms with Crippen molar-refractivity contribution >= 4 is 11.3 Å². The normalized spacial score (nSPS) is 11.4. The summed E-state index contributed by atoms with van der Waals surface area (Å²) in [7, 11) is 0. The fourth-order valence-electron chi connectivity index (χ4n) is 3.29. The zero-order chi connectivity index (χ0) is 21.7. The molecule has 0 aliphatic rings. The Morgan fingerprint density at radius 3 is 2.57 bits per heavy atom. The summed E-state index contributed by atoms with van der Waals surface area (Å²) in [6, 6.07) is 14.2. The summed E-state index contributed by atoms with van der Waals surface area (Å²) < 4.78 is 5.52. The van der Waals surface area contributed by atoms with Gasteiger partial charge in [0.2, 0.25) is 5.82 Å². The molecule has 30 heavy (non-hydrogen) atoms. The Morgan fingerprint density at radius 2 is 1.90 bits per heavy atom. The molecule has 0 aliphatic heterocycles. The Bertz CT molecular complexity index is 1080. The Labute approximate surface area is 178 Å². The van der Waals surface area contributed by atoms with E-state index in [4.69, 9.17) is 10.4 Å². The number of aryl methyl sites for hydroxylation is 2. The van der Waals surface area contributed by atoms with Gasteiger partial charge < -0.3 is 9.53 Å². The second-order valence-corrected chi connectivity index (χ2v) is 7.22. The van der Waals surface area contributed by atoms with Crippen LogP contribution in [0.1, 0.15) is 35.1 Å². The van der Waals surface area contributed by atoms with E-state index in [1.807, 2.05) is 56.3 Å². The molecule has 154 valence electrons. The van der Waals surface area contributed by atoms with Crippen LogP contribution in [0.5, 0.6) is 0 Å². The van der Waals surface area contributed by atoms with Crippen molar-refractivity contribution in [2.75, 3.05) is 6.54 Å². The van der Waals surface area contributed by atoms with Crippen molar-refractivity contribution in [2.24, 2.45) is 5.84 Å². The average Bonchev–Trinajstić information content (AvgIpc) is 3.24. The number of nitrogens with zero attached hydrogens (tertiary/aromatic N) is 3. The number of hydrazine groups is 1. The summed E-state index contributed by atoms with van der Waals surface area (Å²) in [5.74, 6) is 7.12. The first kappa shape index (κ1) is 21.3. The van der Waals surface area contributed by atoms with Crippen LogP contribution in [0.15, 0.2) is 72.3 Å². The average molecular weight is 401 g/mol. The predicted octanol–water partition coefficient (Wildman–Crippen LogP) is 5.33. The monoisotopic (exact) mass is 400 g/mol. The van der Waals surface area contributed by atoms with Gasteiger partial charge in [0.1, 0.15) is 0 Å². The maximum absolute atomic E-state index is 6.20. The fourth-order valence-corrected chi connectivity index (χ4v) is 3.29. The molecule has 3 rings (SSSR count). The molecule has 2 N–H and O–H groups in total. The van der Waals surface area contributed by atoms with Gasteiger partial charge in [-0.1, -0.05) is 54.2 Å². The maximum atomic E-state index is 6.20. The molecule has 2 aromatic carbocycles. The molecular weight excluding hydrogens is 372 g/mol. The number of aromatic nitrogens is 2. The first-order chi connectivity index (χ1) is 14.4. The molecule has 1 aromatic heterocycles. The second-order valence-electron chi connectivity index (χ2n) is 7.22. The summed E-state index contributed by atoms with van der Waals surface area (Å²) in [5, 5.41) is 5.86. The molecule has 3 aromatic rings. The standard InChI is InChI=1S/C25H28N4O/c1-6-11-21-14-18(4)22(15-17(21)3)24-27-25(30-28-24)19(5)16-23(29(26)7-2)20-12-9-8-10-13-20/h6,8-10,12-16H,1,5,7,11,26H2,2-4H3/b23-16-. The lowest BCUT2D eigenvalue weighted by Gasteiger charge is -2.20. The van der Waals surface area contributed by atoms with Gasteiger partial charge in [0.05, 0.1) is 5.70 Å². The van der Waals surface area contributed by atoms with Crippen molar-refractivity contribution in [3.8, 4) is 11.4 Å². The SMILES string of the molecule is C=CCc1cc(C)c(-c2noc(C(=C)/C=C(/c3ccccc3)N(N)CC)n2)cc1C. The van der Waals surface area contributed by atoms with Gasteiger partial charge in [0, 0.05) is 17.7 Å². The molecule has 1 heterocycles. The zero-order valence-electron chi connectivity index (χ0n) is 17.9. The minimum atomic E-state index is 0.371. The quantitative estimate of drug-likeness (QED) is 0.239. The molecule has 0 bridgehead atoms. The van der Waals surface area contributed by atoms with Crippen LogP contribution in [0.25, 0.3) is 22.7 Å². The van der Waals surface area contributed by atoms with E-state index in [2.05, 4.69) is 42.4 Å². The third-order valence-electron chi connectivity index (χ3n) is 5.02. The van der Waals surface area contributed by atoms with Crippen molar-refractivity contribution in [1.29, 1.82) is 0 Å². The number of rotatable bonds is 8. The predicted molar refractivity (Wildman–Crippen MR) is 123 cm³/mol. The highest BCUT2D eigenvalue weighted by Crippen LogP contribution is 2.27. The van der Waals surface area contributed by atoms with Gasteiger partial charge in [-0.15, -0.1) is 6.58 Å². The van der Waals surface area contributed by atoms with E-state index in [-0.39, 0.29) is 0 Å². The van der Waals surface area contributed by atoms with E-state index < -0.39 is 0 Å². The topological polar surface area (TPSA) is 68.2 Å². The molecule has 0 unspecified atom stereocenters. The van der Waals surface area contributed by atoms with E-state index in [0.717, 1.165) is 28.8 Å². The van der Waals surface area contributed by atoms with Gasteiger partial charge >= 0.3 is 0 Å². The highest BCUT2D eigenvalue weighted by atomic mass is 16.5. The summed E-state index contributed by atoms with van der Waals surface area (Å²) in [6.07, 6.45) is 4.62. The number of allylic oxidation sites excluding steroid dienone is 3. The Balaban J connectivity index is 1.93. The molecule has 0 fully saturated rings. The molecule has 0 amide bonds. The van der Waals surface area contributed by atoms with E-state index in [1.165, 1.54) is 11.1 Å². The third-order valence-corrected chi connectivity index (χ3v) is 5.02. The van der Waals surface area contributed by atoms with Crippen LogP contribution in [0.4, 0.5) is 0 Å². The highest BCUT2D eigenvalue weighted by Gasteiger charge is 2.15. The molecule has 0 atom stereocenters. The highest BCUT2D eigenvalue weighted by molar-refractivity contribution is 5.79. The van der Waals surface area contributed by atoms with Gasteiger partial charge in [-0.2, -0.15) is 4.98 Å². The number of nitrogens with two attached hydrogens (primary N) is 1.